The number of hydrogen-bond donors (Lipinski definition) is 0. The van der Waals surface area contributed by atoms with Gasteiger partial charge in [-0.25, -0.2) is 24.9 Å². The number of pyridine rings is 1. The van der Waals surface area contributed by atoms with Crippen LogP contribution >= 0.6 is 0 Å². The minimum atomic E-state index is 0.427. The predicted molar refractivity (Wildman–Crippen MR) is 571 cm³/mol. The molecule has 39 aliphatic rings. The average molecular weight is 1930 g/mol. The highest BCUT2D eigenvalue weighted by molar-refractivity contribution is 6.15. The molecule has 0 aliphatic carbocycles. The summed E-state index contributed by atoms with van der Waals surface area (Å²) in [6.07, 6.45) is 10.8. The van der Waals surface area contributed by atoms with Crippen molar-refractivity contribution in [3.63, 3.8) is 0 Å². The van der Waals surface area contributed by atoms with Crippen LogP contribution in [0.1, 0.15) is 86.0 Å². The second-order valence-corrected chi connectivity index (χ2v) is 38.6. The maximum atomic E-state index is 6.40. The van der Waals surface area contributed by atoms with E-state index in [1.54, 1.807) is 31.0 Å². The quantitative estimate of drug-likeness (QED) is 0.138. The van der Waals surface area contributed by atoms with Crippen LogP contribution in [0.15, 0.2) is 334 Å². The van der Waals surface area contributed by atoms with Crippen molar-refractivity contribution in [3.8, 4) is 69.3 Å². The lowest BCUT2D eigenvalue weighted by Gasteiger charge is -2.12. The van der Waals surface area contributed by atoms with E-state index in [1.807, 2.05) is 24.3 Å². The van der Waals surface area contributed by atoms with Crippen LogP contribution in [-0.2, 0) is 108 Å². The predicted octanol–water partition coefficient (Wildman–Crippen LogP) is 26.3. The van der Waals surface area contributed by atoms with E-state index in [4.69, 9.17) is 71.8 Å². The van der Waals surface area contributed by atoms with E-state index in [9.17, 15) is 0 Å². The van der Waals surface area contributed by atoms with Crippen LogP contribution in [0.4, 0.5) is 0 Å². The third-order valence-electron chi connectivity index (χ3n) is 29.0. The monoisotopic (exact) mass is 1930 g/mol. The molecule has 9 aromatic heterocycles. The van der Waals surface area contributed by atoms with Crippen molar-refractivity contribution in [1.82, 2.24) is 52.3 Å². The van der Waals surface area contributed by atoms with Crippen molar-refractivity contribution in [2.75, 3.05) is 39.6 Å². The van der Waals surface area contributed by atoms with Gasteiger partial charge in [-0.05, 0) is 297 Å². The molecule has 0 saturated carbocycles. The van der Waals surface area contributed by atoms with E-state index >= 15 is 0 Å². The van der Waals surface area contributed by atoms with E-state index in [0.717, 1.165) is 224 Å². The van der Waals surface area contributed by atoms with Crippen molar-refractivity contribution < 1.29 is 56.8 Å². The first-order chi connectivity index (χ1) is 72.7. The summed E-state index contributed by atoms with van der Waals surface area (Å²) in [5.41, 5.74) is 30.0. The lowest BCUT2D eigenvalue weighted by molar-refractivity contribution is 0.107. The van der Waals surface area contributed by atoms with Crippen LogP contribution in [0.5, 0.6) is 34.8 Å². The molecule has 0 amide bonds. The molecular formula is C124H97N11O12. The number of ether oxygens (including phenoxy) is 12. The van der Waals surface area contributed by atoms with E-state index in [0.29, 0.717) is 149 Å². The minimum absolute atomic E-state index is 0.427. The molecule has 147 heavy (non-hydrogen) atoms. The third kappa shape index (κ3) is 16.5. The molecule has 24 aromatic rings. The molecule has 54 bridgehead atoms. The minimum Gasteiger partial charge on any atom is -0.493 e. The number of aromatic nitrogens is 11. The van der Waals surface area contributed by atoms with E-state index in [-0.39, 0.29) is 0 Å². The third-order valence-corrected chi connectivity index (χ3v) is 29.0. The molecule has 0 fully saturated rings. The molecule has 39 aliphatic heterocycles. The zero-order chi connectivity index (χ0) is 96.9. The topological polar surface area (TPSA) is 205 Å². The number of rotatable bonds is 0. The first kappa shape index (κ1) is 87.7. The first-order valence-corrected chi connectivity index (χ1v) is 50.3. The molecule has 720 valence electrons. The molecular weight excluding hydrogens is 1840 g/mol. The Kier molecular flexibility index (Phi) is 22.3. The maximum Gasteiger partial charge on any atom is 0.232 e. The molecule has 23 nitrogen and oxygen atoms in total. The number of nitrogens with zero attached hydrogens (tertiary/aromatic N) is 11. The highest BCUT2D eigenvalue weighted by atomic mass is 16.5. The van der Waals surface area contributed by atoms with Gasteiger partial charge in [-0.15, -0.1) is 0 Å². The van der Waals surface area contributed by atoms with Crippen LogP contribution in [0.25, 0.3) is 165 Å². The highest BCUT2D eigenvalue weighted by Crippen LogP contribution is 2.44. The van der Waals surface area contributed by atoms with Crippen LogP contribution in [0, 0.1) is 0 Å². The first-order valence-electron chi connectivity index (χ1n) is 50.3. The van der Waals surface area contributed by atoms with Crippen molar-refractivity contribution in [1.29, 1.82) is 0 Å². The summed E-state index contributed by atoms with van der Waals surface area (Å²) in [5.74, 6) is 6.45. The second kappa shape index (κ2) is 37.3. The summed E-state index contributed by atoms with van der Waals surface area (Å²) in [4.78, 5) is 23.6. The van der Waals surface area contributed by atoms with Gasteiger partial charge in [-0.2, -0.15) is 0 Å². The summed E-state index contributed by atoms with van der Waals surface area (Å²) < 4.78 is 88.0. The summed E-state index contributed by atoms with van der Waals surface area (Å²) in [5, 5.41) is 14.0. The maximum absolute atomic E-state index is 6.40. The van der Waals surface area contributed by atoms with Crippen LogP contribution in [-0.4, -0.2) is 92.0 Å². The molecule has 0 spiro atoms. The van der Waals surface area contributed by atoms with Crippen LogP contribution in [0.2, 0.25) is 0 Å². The molecule has 0 radical (unpaired) electrons. The van der Waals surface area contributed by atoms with Crippen LogP contribution < -0.4 is 28.4 Å². The number of benzene rings is 15. The molecule has 15 aromatic carbocycles. The van der Waals surface area contributed by atoms with Crippen molar-refractivity contribution >= 4 is 131 Å². The fraction of sp³-hybridized carbons (Fsp3) is 0.169. The summed E-state index contributed by atoms with van der Waals surface area (Å²) in [6.45, 7) is 9.15. The van der Waals surface area contributed by atoms with Gasteiger partial charge in [-0.3, -0.25) is 13.7 Å². The van der Waals surface area contributed by atoms with Gasteiger partial charge in [0.25, 0.3) is 0 Å². The molecule has 63 rings (SSSR count). The molecule has 0 saturated heterocycles. The average Bonchev–Trinajstić information content (AvgIpc) is 1.62. The van der Waals surface area contributed by atoms with Gasteiger partial charge in [0.1, 0.15) is 28.8 Å². The van der Waals surface area contributed by atoms with Crippen LogP contribution in [0.3, 0.4) is 0 Å². The van der Waals surface area contributed by atoms with Gasteiger partial charge in [0, 0.05) is 101 Å². The Morgan fingerprint density at radius 1 is 0.156 bits per heavy atom. The zero-order valence-electron chi connectivity index (χ0n) is 80.4. The highest BCUT2D eigenvalue weighted by Gasteiger charge is 2.26. The summed E-state index contributed by atoms with van der Waals surface area (Å²) in [7, 11) is 0. The van der Waals surface area contributed by atoms with Gasteiger partial charge in [0.05, 0.1) is 216 Å². The molecule has 0 N–H and O–H groups in total. The Balaban J connectivity index is 0.000000107. The van der Waals surface area contributed by atoms with Crippen molar-refractivity contribution in [3.05, 3.63) is 401 Å². The molecule has 48 heterocycles. The van der Waals surface area contributed by atoms with Gasteiger partial charge in [-0.1, -0.05) is 72.8 Å². The van der Waals surface area contributed by atoms with E-state index in [1.165, 1.54) is 32.3 Å². The summed E-state index contributed by atoms with van der Waals surface area (Å²) in [6, 6.07) is 108. The fourth-order valence-corrected chi connectivity index (χ4v) is 22.0. The fourth-order valence-electron chi connectivity index (χ4n) is 22.0. The lowest BCUT2D eigenvalue weighted by atomic mass is 10.1. The van der Waals surface area contributed by atoms with Crippen molar-refractivity contribution in [2.24, 2.45) is 0 Å². The number of hydrogen-bond acceptors (Lipinski definition) is 17. The Morgan fingerprint density at radius 3 is 0.551 bits per heavy atom. The second-order valence-electron chi connectivity index (χ2n) is 38.6. The Hall–Kier alpha value is -17.0. The lowest BCUT2D eigenvalue weighted by Crippen LogP contribution is -2.08. The summed E-state index contributed by atoms with van der Waals surface area (Å²) >= 11 is 0. The van der Waals surface area contributed by atoms with Gasteiger partial charge >= 0.3 is 0 Å². The smallest absolute Gasteiger partial charge is 0.232 e. The normalized spacial score (nSPS) is 14.9. The van der Waals surface area contributed by atoms with Gasteiger partial charge < -0.3 is 70.5 Å². The SMILES string of the molecule is c1cc2c3cc1COCc1ccc4c(c1)c1cc5ccc1n4-c1ccc(cc1)OCCCOc1ccc(cc1)-n2c1ccc(cc31)COC5.c1cc2c3cc1COCc1ccc4c(c1)c1cc5ccc1n4-c1ccc(cn1)OCCCOc1ccc(cc1)-n2c1ccc(cc31)COC5.c1cc2c3cc1COCc1ccc4c(c1)c1cc5ccc1n4-c1cnc(cn1)OCCCOc1cnc(cn1)-n2c1ccc(cc31)COC5. The van der Waals surface area contributed by atoms with Gasteiger partial charge in [0.2, 0.25) is 11.8 Å². The Morgan fingerprint density at radius 2 is 0.347 bits per heavy atom. The molecule has 23 heteroatoms. The van der Waals surface area contributed by atoms with E-state index < -0.39 is 0 Å². The Bertz CT molecular complexity index is 7550. The van der Waals surface area contributed by atoms with E-state index in [2.05, 4.69) is 316 Å². The van der Waals surface area contributed by atoms with Gasteiger partial charge in [0.15, 0.2) is 11.6 Å². The molecule has 0 unspecified atom stereocenters. The Labute approximate surface area is 843 Å². The molecule has 0 atom stereocenters. The van der Waals surface area contributed by atoms with Crippen molar-refractivity contribution in [2.45, 2.75) is 98.5 Å². The zero-order valence-corrected chi connectivity index (χ0v) is 80.4. The standard InChI is InChI=1S/C43H34N2O4.C42H33N3O4.C39H30N6O4/c1-18-48-34-10-6-32(7-11-34)44-40-14-2-28-20-36(40)37-21-30(3-15-41(37)44)26-47-27-31-5-17-43-39(23-31)38-22-29(25-46-24-28)4-16-42(38)45(43)33-8-12-35(13-9-33)49-19-1;1-16-48-32-8-6-31(7-9-32)44-38-11-2-27-18-34(38)35-19-28(3-12-39(35)44)24-47-26-30-5-14-41-37(21-30)36-20-29(25-46-23-27)4-13-40(36)45(41)42-15-10-33(22-43-42)49-17-1;1-10-48-38-18-40-36(16-42-38)44-32-6-2-24-12-28(32)29-13-26(3-7-33(29)44)22-47-23-27-5-9-35-31(15-27)30-14-25(21-46-20-24)4-8-34(30)45(35)37-17-43-39(19-41-37)49-11-1/h2-17,20-23H,1,18-19,24-27H2;2-15,18-22H,1,16-17,23-26H2;2-9,12-19H,1,10-11,20-23H2. The largest absolute Gasteiger partial charge is 0.493 e.